The van der Waals surface area contributed by atoms with E-state index in [-0.39, 0.29) is 6.10 Å². The normalized spacial score (nSPS) is 29.2. The monoisotopic (exact) mass is 236 g/mol. The van der Waals surface area contributed by atoms with Crippen LogP contribution in [0, 0.1) is 0 Å². The lowest BCUT2D eigenvalue weighted by atomic mass is 9.78. The molecule has 0 amide bonds. The topological polar surface area (TPSA) is 68.4 Å². The molecular formula is C13H20N2O2. The number of nitrogens with zero attached hydrogens (tertiary/aromatic N) is 1. The fourth-order valence-corrected chi connectivity index (χ4v) is 2.66. The molecule has 4 nitrogen and oxygen atoms in total. The predicted molar refractivity (Wildman–Crippen MR) is 66.6 cm³/mol. The highest BCUT2D eigenvalue weighted by Crippen LogP contribution is 2.34. The summed E-state index contributed by atoms with van der Waals surface area (Å²) in [6.07, 6.45) is 5.91. The van der Waals surface area contributed by atoms with Gasteiger partial charge in [0.25, 0.3) is 0 Å². The average Bonchev–Trinajstić information content (AvgIpc) is 2.32. The third-order valence-electron chi connectivity index (χ3n) is 3.63. The van der Waals surface area contributed by atoms with E-state index in [4.69, 9.17) is 10.5 Å². The van der Waals surface area contributed by atoms with Crippen LogP contribution in [0.3, 0.4) is 0 Å². The van der Waals surface area contributed by atoms with Crippen molar-refractivity contribution in [1.29, 1.82) is 0 Å². The fraction of sp³-hybridized carbons (Fsp3) is 0.615. The van der Waals surface area contributed by atoms with Crippen LogP contribution in [-0.4, -0.2) is 28.9 Å². The van der Waals surface area contributed by atoms with Crippen molar-refractivity contribution in [3.8, 4) is 0 Å². The van der Waals surface area contributed by atoms with E-state index >= 15 is 0 Å². The second-order valence-corrected chi connectivity index (χ2v) is 4.80. The van der Waals surface area contributed by atoms with Crippen molar-refractivity contribution in [2.45, 2.75) is 43.8 Å². The summed E-state index contributed by atoms with van der Waals surface area (Å²) in [5.74, 6) is 0.501. The Morgan fingerprint density at radius 3 is 3.12 bits per heavy atom. The quantitative estimate of drug-likeness (QED) is 0.835. The first kappa shape index (κ1) is 12.3. The van der Waals surface area contributed by atoms with E-state index in [9.17, 15) is 5.11 Å². The lowest BCUT2D eigenvalue weighted by Gasteiger charge is -2.39. The Hall–Kier alpha value is -1.13. The number of anilines is 1. The maximum Gasteiger partial charge on any atom is 0.126 e. The lowest BCUT2D eigenvalue weighted by molar-refractivity contribution is -0.116. The molecule has 4 heteroatoms. The predicted octanol–water partition coefficient (Wildman–Crippen LogP) is 1.53. The van der Waals surface area contributed by atoms with Crippen LogP contribution < -0.4 is 5.73 Å². The number of hydrogen-bond acceptors (Lipinski definition) is 4. The Bertz CT molecular complexity index is 383. The molecule has 0 spiro atoms. The molecule has 1 aliphatic carbocycles. The number of methoxy groups -OCH3 is 1. The highest BCUT2D eigenvalue weighted by molar-refractivity contribution is 5.39. The molecule has 0 aromatic carbocycles. The van der Waals surface area contributed by atoms with Gasteiger partial charge in [-0.1, -0.05) is 18.9 Å². The molecule has 2 rings (SSSR count). The van der Waals surface area contributed by atoms with Crippen LogP contribution in [0.2, 0.25) is 0 Å². The minimum Gasteiger partial charge on any atom is -0.387 e. The summed E-state index contributed by atoms with van der Waals surface area (Å²) >= 11 is 0. The largest absolute Gasteiger partial charge is 0.387 e. The molecule has 1 aromatic rings. The maximum atomic E-state index is 10.7. The summed E-state index contributed by atoms with van der Waals surface area (Å²) in [5, 5.41) is 10.7. The van der Waals surface area contributed by atoms with Crippen molar-refractivity contribution >= 4 is 5.82 Å². The van der Waals surface area contributed by atoms with Crippen molar-refractivity contribution in [2.75, 3.05) is 12.8 Å². The van der Waals surface area contributed by atoms with Crippen LogP contribution in [0.5, 0.6) is 0 Å². The molecule has 1 fully saturated rings. The molecule has 0 saturated heterocycles. The van der Waals surface area contributed by atoms with Gasteiger partial charge in [0.1, 0.15) is 5.82 Å². The number of aromatic nitrogens is 1. The molecule has 0 aliphatic heterocycles. The summed E-state index contributed by atoms with van der Waals surface area (Å²) in [7, 11) is 1.66. The number of aliphatic hydroxyl groups is 1. The Labute approximate surface area is 102 Å². The Kier molecular flexibility index (Phi) is 3.64. The van der Waals surface area contributed by atoms with Crippen LogP contribution in [0.4, 0.5) is 5.82 Å². The fourth-order valence-electron chi connectivity index (χ4n) is 2.66. The Balaban J connectivity index is 2.18. The molecule has 0 radical (unpaired) electrons. The summed E-state index contributed by atoms with van der Waals surface area (Å²) in [6, 6.07) is 3.77. The molecule has 1 aliphatic rings. The molecule has 94 valence electrons. The standard InChI is InChI=1S/C13H20N2O2/c1-17-11-6-2-3-7-13(11,16)9-10-5-4-8-15-12(10)14/h4-5,8,11,16H,2-3,6-7,9H2,1H3,(H2,14,15). The number of pyridine rings is 1. The third-order valence-corrected chi connectivity index (χ3v) is 3.63. The molecular weight excluding hydrogens is 216 g/mol. The average molecular weight is 236 g/mol. The first-order valence-corrected chi connectivity index (χ1v) is 6.10. The molecule has 1 aromatic heterocycles. The van der Waals surface area contributed by atoms with Gasteiger partial charge in [-0.15, -0.1) is 0 Å². The van der Waals surface area contributed by atoms with Crippen LogP contribution in [-0.2, 0) is 11.2 Å². The van der Waals surface area contributed by atoms with Crippen LogP contribution >= 0.6 is 0 Å². The van der Waals surface area contributed by atoms with Crippen molar-refractivity contribution in [3.63, 3.8) is 0 Å². The highest BCUT2D eigenvalue weighted by atomic mass is 16.5. The molecule has 1 heterocycles. The zero-order chi connectivity index (χ0) is 12.3. The van der Waals surface area contributed by atoms with Gasteiger partial charge in [0.05, 0.1) is 11.7 Å². The minimum atomic E-state index is -0.801. The maximum absolute atomic E-state index is 10.7. The Morgan fingerprint density at radius 1 is 1.59 bits per heavy atom. The van der Waals surface area contributed by atoms with E-state index in [0.29, 0.717) is 12.2 Å². The van der Waals surface area contributed by atoms with Crippen molar-refractivity contribution in [2.24, 2.45) is 0 Å². The van der Waals surface area contributed by atoms with E-state index in [1.165, 1.54) is 0 Å². The van der Waals surface area contributed by atoms with Gasteiger partial charge in [0.2, 0.25) is 0 Å². The lowest BCUT2D eigenvalue weighted by Crippen LogP contribution is -2.47. The highest BCUT2D eigenvalue weighted by Gasteiger charge is 2.39. The summed E-state index contributed by atoms with van der Waals surface area (Å²) < 4.78 is 5.41. The van der Waals surface area contributed by atoms with Crippen LogP contribution in [0.15, 0.2) is 18.3 Å². The first-order valence-electron chi connectivity index (χ1n) is 6.10. The smallest absolute Gasteiger partial charge is 0.126 e. The second-order valence-electron chi connectivity index (χ2n) is 4.80. The number of rotatable bonds is 3. The molecule has 2 atom stereocenters. The van der Waals surface area contributed by atoms with Gasteiger partial charge >= 0.3 is 0 Å². The number of nitrogens with two attached hydrogens (primary N) is 1. The van der Waals surface area contributed by atoms with Crippen molar-refractivity contribution in [1.82, 2.24) is 4.98 Å². The summed E-state index contributed by atoms with van der Waals surface area (Å²) in [6.45, 7) is 0. The zero-order valence-electron chi connectivity index (χ0n) is 10.2. The van der Waals surface area contributed by atoms with E-state index in [1.807, 2.05) is 12.1 Å². The van der Waals surface area contributed by atoms with E-state index < -0.39 is 5.60 Å². The van der Waals surface area contributed by atoms with Gasteiger partial charge in [-0.05, 0) is 24.5 Å². The van der Waals surface area contributed by atoms with Crippen molar-refractivity contribution < 1.29 is 9.84 Å². The number of ether oxygens (including phenoxy) is 1. The van der Waals surface area contributed by atoms with Crippen LogP contribution in [0.1, 0.15) is 31.2 Å². The van der Waals surface area contributed by atoms with Gasteiger partial charge in [-0.3, -0.25) is 0 Å². The van der Waals surface area contributed by atoms with Gasteiger partial charge in [-0.2, -0.15) is 0 Å². The van der Waals surface area contributed by atoms with Gasteiger partial charge in [0, 0.05) is 19.7 Å². The van der Waals surface area contributed by atoms with Gasteiger partial charge in [-0.25, -0.2) is 4.98 Å². The first-order chi connectivity index (χ1) is 8.15. The number of nitrogen functional groups attached to an aromatic ring is 1. The van der Waals surface area contributed by atoms with E-state index in [2.05, 4.69) is 4.98 Å². The molecule has 17 heavy (non-hydrogen) atoms. The third kappa shape index (κ3) is 2.58. The minimum absolute atomic E-state index is 0.101. The summed E-state index contributed by atoms with van der Waals surface area (Å²) in [5.41, 5.74) is 5.92. The van der Waals surface area contributed by atoms with E-state index in [1.54, 1.807) is 13.3 Å². The molecule has 1 saturated carbocycles. The zero-order valence-corrected chi connectivity index (χ0v) is 10.2. The number of hydrogen-bond donors (Lipinski definition) is 2. The molecule has 3 N–H and O–H groups in total. The van der Waals surface area contributed by atoms with Crippen molar-refractivity contribution in [3.05, 3.63) is 23.9 Å². The molecule has 2 unspecified atom stereocenters. The SMILES string of the molecule is COC1CCCCC1(O)Cc1cccnc1N. The van der Waals surface area contributed by atoms with Crippen LogP contribution in [0.25, 0.3) is 0 Å². The van der Waals surface area contributed by atoms with Gasteiger partial charge in [0.15, 0.2) is 0 Å². The van der Waals surface area contributed by atoms with Gasteiger partial charge < -0.3 is 15.6 Å². The van der Waals surface area contributed by atoms with E-state index in [0.717, 1.165) is 31.2 Å². The summed E-state index contributed by atoms with van der Waals surface area (Å²) in [4.78, 5) is 4.05. The second kappa shape index (κ2) is 5.02. The Morgan fingerprint density at radius 2 is 2.41 bits per heavy atom. The molecule has 0 bridgehead atoms.